The van der Waals surface area contributed by atoms with Gasteiger partial charge in [-0.15, -0.1) is 0 Å². The highest BCUT2D eigenvalue weighted by atomic mass is 19.1. The summed E-state index contributed by atoms with van der Waals surface area (Å²) < 4.78 is 18.4. The molecule has 1 amide bonds. The number of aromatic hydroxyl groups is 1. The second kappa shape index (κ2) is 5.82. The molecule has 0 spiro atoms. The molecule has 4 nitrogen and oxygen atoms in total. The predicted octanol–water partition coefficient (Wildman–Crippen LogP) is 1.69. The minimum absolute atomic E-state index is 0.0354. The van der Waals surface area contributed by atoms with Crippen molar-refractivity contribution < 1.29 is 19.0 Å². The fourth-order valence-electron chi connectivity index (χ4n) is 2.00. The van der Waals surface area contributed by atoms with E-state index in [1.807, 2.05) is 0 Å². The molecule has 2 rings (SSSR count). The van der Waals surface area contributed by atoms with E-state index in [0.717, 1.165) is 25.5 Å². The molecule has 0 bridgehead atoms. The Hall–Kier alpha value is -1.62. The van der Waals surface area contributed by atoms with Gasteiger partial charge >= 0.3 is 0 Å². The molecular formula is C13H16FNO3. The van der Waals surface area contributed by atoms with Crippen molar-refractivity contribution in [1.82, 2.24) is 5.32 Å². The summed E-state index contributed by atoms with van der Waals surface area (Å²) in [7, 11) is 0. The lowest BCUT2D eigenvalue weighted by Gasteiger charge is -2.22. The van der Waals surface area contributed by atoms with Crippen LogP contribution in [0.2, 0.25) is 0 Å². The number of benzene rings is 1. The lowest BCUT2D eigenvalue weighted by atomic mass is 10.0. The number of hydrogen-bond acceptors (Lipinski definition) is 3. The number of carbonyl (C=O) groups is 1. The third-order valence-corrected chi connectivity index (χ3v) is 3.04. The van der Waals surface area contributed by atoms with Crippen LogP contribution in [-0.4, -0.2) is 30.8 Å². The normalized spacial score (nSPS) is 19.5. The molecule has 0 saturated carbocycles. The number of hydrogen-bond donors (Lipinski definition) is 2. The standard InChI is InChI=1S/C13H16FNO3/c14-11-5-1-4-10(12(11)16)13(17)15-7-9-3-2-6-18-8-9/h1,4-5,9,16H,2-3,6-8H2,(H,15,17)/t9-/m1/s1. The van der Waals surface area contributed by atoms with Crippen LogP contribution in [0.3, 0.4) is 0 Å². The van der Waals surface area contributed by atoms with Gasteiger partial charge in [0.1, 0.15) is 0 Å². The predicted molar refractivity (Wildman–Crippen MR) is 63.9 cm³/mol. The van der Waals surface area contributed by atoms with Gasteiger partial charge < -0.3 is 15.2 Å². The maximum Gasteiger partial charge on any atom is 0.255 e. The average Bonchev–Trinajstić information content (AvgIpc) is 2.40. The quantitative estimate of drug-likeness (QED) is 0.861. The first-order chi connectivity index (χ1) is 8.68. The number of phenols is 1. The molecule has 2 N–H and O–H groups in total. The average molecular weight is 253 g/mol. The molecular weight excluding hydrogens is 237 g/mol. The van der Waals surface area contributed by atoms with Crippen LogP contribution in [0.15, 0.2) is 18.2 Å². The van der Waals surface area contributed by atoms with E-state index >= 15 is 0 Å². The lowest BCUT2D eigenvalue weighted by Crippen LogP contribution is -2.33. The molecule has 0 aliphatic carbocycles. The SMILES string of the molecule is O=C(NC[C@H]1CCCOC1)c1cccc(F)c1O. The van der Waals surface area contributed by atoms with E-state index in [1.54, 1.807) is 0 Å². The molecule has 1 aliphatic heterocycles. The van der Waals surface area contributed by atoms with Gasteiger partial charge in [0.2, 0.25) is 0 Å². The van der Waals surface area contributed by atoms with Gasteiger partial charge in [-0.1, -0.05) is 6.07 Å². The van der Waals surface area contributed by atoms with E-state index in [2.05, 4.69) is 5.32 Å². The van der Waals surface area contributed by atoms with Gasteiger partial charge in [0.05, 0.1) is 12.2 Å². The minimum atomic E-state index is -0.788. The zero-order chi connectivity index (χ0) is 13.0. The first kappa shape index (κ1) is 12.8. The Balaban J connectivity index is 1.93. The van der Waals surface area contributed by atoms with Crippen LogP contribution in [0.25, 0.3) is 0 Å². The summed E-state index contributed by atoms with van der Waals surface area (Å²) >= 11 is 0. The molecule has 1 aromatic carbocycles. The van der Waals surface area contributed by atoms with E-state index in [9.17, 15) is 14.3 Å². The summed E-state index contributed by atoms with van der Waals surface area (Å²) in [6, 6.07) is 3.90. The maximum atomic E-state index is 13.1. The molecule has 1 aliphatic rings. The van der Waals surface area contributed by atoms with Crippen molar-refractivity contribution in [2.75, 3.05) is 19.8 Å². The van der Waals surface area contributed by atoms with Crippen LogP contribution in [0.5, 0.6) is 5.75 Å². The van der Waals surface area contributed by atoms with Gasteiger partial charge in [0, 0.05) is 13.2 Å². The van der Waals surface area contributed by atoms with E-state index < -0.39 is 17.5 Å². The summed E-state index contributed by atoms with van der Waals surface area (Å²) in [4.78, 5) is 11.8. The van der Waals surface area contributed by atoms with Crippen LogP contribution in [0.1, 0.15) is 23.2 Å². The van der Waals surface area contributed by atoms with Gasteiger partial charge in [-0.3, -0.25) is 4.79 Å². The van der Waals surface area contributed by atoms with Crippen LogP contribution in [0.4, 0.5) is 4.39 Å². The Bertz CT molecular complexity index is 430. The Labute approximate surface area is 105 Å². The first-order valence-corrected chi connectivity index (χ1v) is 6.02. The van der Waals surface area contributed by atoms with Crippen molar-refractivity contribution in [3.05, 3.63) is 29.6 Å². The molecule has 1 atom stereocenters. The summed E-state index contributed by atoms with van der Waals surface area (Å²) in [6.45, 7) is 1.89. The largest absolute Gasteiger partial charge is 0.504 e. The highest BCUT2D eigenvalue weighted by Gasteiger charge is 2.17. The molecule has 98 valence electrons. The molecule has 1 aromatic rings. The smallest absolute Gasteiger partial charge is 0.255 e. The third-order valence-electron chi connectivity index (χ3n) is 3.04. The van der Waals surface area contributed by atoms with Gasteiger partial charge in [-0.2, -0.15) is 0 Å². The van der Waals surface area contributed by atoms with E-state index in [1.165, 1.54) is 12.1 Å². The number of amides is 1. The van der Waals surface area contributed by atoms with Crippen molar-refractivity contribution >= 4 is 5.91 Å². The molecule has 0 unspecified atom stereocenters. The van der Waals surface area contributed by atoms with E-state index in [0.29, 0.717) is 19.1 Å². The molecule has 5 heteroatoms. The van der Waals surface area contributed by atoms with Gasteiger partial charge in [-0.05, 0) is 30.9 Å². The second-order valence-corrected chi connectivity index (χ2v) is 4.43. The van der Waals surface area contributed by atoms with Gasteiger partial charge in [0.15, 0.2) is 11.6 Å². The van der Waals surface area contributed by atoms with Crippen LogP contribution >= 0.6 is 0 Å². The number of phenolic OH excluding ortho intramolecular Hbond substituents is 1. The fourth-order valence-corrected chi connectivity index (χ4v) is 2.00. The van der Waals surface area contributed by atoms with Crippen LogP contribution in [-0.2, 0) is 4.74 Å². The van der Waals surface area contributed by atoms with Crippen LogP contribution in [0, 0.1) is 11.7 Å². The Kier molecular flexibility index (Phi) is 4.15. The first-order valence-electron chi connectivity index (χ1n) is 6.02. The Morgan fingerprint density at radius 2 is 2.39 bits per heavy atom. The van der Waals surface area contributed by atoms with Crippen molar-refractivity contribution in [3.8, 4) is 5.75 Å². The van der Waals surface area contributed by atoms with Crippen LogP contribution < -0.4 is 5.32 Å². The van der Waals surface area contributed by atoms with E-state index in [4.69, 9.17) is 4.74 Å². The highest BCUT2D eigenvalue weighted by Crippen LogP contribution is 2.20. The summed E-state index contributed by atoms with van der Waals surface area (Å²) in [5, 5.41) is 12.1. The van der Waals surface area contributed by atoms with Crippen molar-refractivity contribution in [2.24, 2.45) is 5.92 Å². The number of halogens is 1. The van der Waals surface area contributed by atoms with Gasteiger partial charge in [0.25, 0.3) is 5.91 Å². The minimum Gasteiger partial charge on any atom is -0.504 e. The molecule has 0 radical (unpaired) electrons. The second-order valence-electron chi connectivity index (χ2n) is 4.43. The Morgan fingerprint density at radius 1 is 1.56 bits per heavy atom. The number of carbonyl (C=O) groups excluding carboxylic acids is 1. The summed E-state index contributed by atoms with van der Waals surface area (Å²) in [5.41, 5.74) is -0.0354. The zero-order valence-electron chi connectivity index (χ0n) is 9.99. The number of rotatable bonds is 3. The molecule has 1 heterocycles. The van der Waals surface area contributed by atoms with Crippen molar-refractivity contribution in [2.45, 2.75) is 12.8 Å². The lowest BCUT2D eigenvalue weighted by molar-refractivity contribution is 0.0536. The summed E-state index contributed by atoms with van der Waals surface area (Å²) in [6.07, 6.45) is 2.00. The number of nitrogens with one attached hydrogen (secondary N) is 1. The van der Waals surface area contributed by atoms with E-state index in [-0.39, 0.29) is 5.56 Å². The fraction of sp³-hybridized carbons (Fsp3) is 0.462. The topological polar surface area (TPSA) is 58.6 Å². The maximum absolute atomic E-state index is 13.1. The molecule has 0 aromatic heterocycles. The Morgan fingerprint density at radius 3 is 3.11 bits per heavy atom. The number of para-hydroxylation sites is 1. The zero-order valence-corrected chi connectivity index (χ0v) is 9.99. The van der Waals surface area contributed by atoms with Crippen molar-refractivity contribution in [3.63, 3.8) is 0 Å². The number of ether oxygens (including phenoxy) is 1. The van der Waals surface area contributed by atoms with Crippen molar-refractivity contribution in [1.29, 1.82) is 0 Å². The third kappa shape index (κ3) is 2.98. The van der Waals surface area contributed by atoms with Gasteiger partial charge in [-0.25, -0.2) is 4.39 Å². The monoisotopic (exact) mass is 253 g/mol. The highest BCUT2D eigenvalue weighted by molar-refractivity contribution is 5.96. The molecule has 1 saturated heterocycles. The molecule has 1 fully saturated rings. The summed E-state index contributed by atoms with van der Waals surface area (Å²) in [5.74, 6) is -1.56. The molecule has 18 heavy (non-hydrogen) atoms.